The number of amides is 1. The van der Waals surface area contributed by atoms with E-state index in [9.17, 15) is 4.79 Å². The molecule has 0 fully saturated rings. The number of aromatic nitrogens is 4. The zero-order valence-electron chi connectivity index (χ0n) is 9.02. The number of rotatable bonds is 2. The van der Waals surface area contributed by atoms with Crippen LogP contribution in [0.5, 0.6) is 0 Å². The van der Waals surface area contributed by atoms with Crippen molar-refractivity contribution in [1.29, 1.82) is 0 Å². The Morgan fingerprint density at radius 3 is 2.83 bits per heavy atom. The molecule has 0 aliphatic rings. The fourth-order valence-electron chi connectivity index (χ4n) is 1.23. The fraction of sp³-hybridized carbons (Fsp3) is 0.125. The van der Waals surface area contributed by atoms with E-state index in [0.717, 1.165) is 4.90 Å². The lowest BCUT2D eigenvalue weighted by Gasteiger charge is -2.09. The average Bonchev–Trinajstić information content (AvgIpc) is 2.79. The highest BCUT2D eigenvalue weighted by Gasteiger charge is 2.17. The van der Waals surface area contributed by atoms with Gasteiger partial charge < -0.3 is 10.3 Å². The summed E-state index contributed by atoms with van der Waals surface area (Å²) in [6.07, 6.45) is -1.21. The molecule has 0 atom stereocenters. The minimum absolute atomic E-state index is 0.00163. The third-order valence-corrected chi connectivity index (χ3v) is 2.40. The Bertz CT molecular complexity index is 639. The van der Waals surface area contributed by atoms with Crippen LogP contribution in [0.1, 0.15) is 5.69 Å². The molecule has 2 aromatic heterocycles. The molecule has 0 saturated carbocycles. The van der Waals surface area contributed by atoms with Crippen molar-refractivity contribution in [2.24, 2.45) is 5.16 Å². The zero-order chi connectivity index (χ0) is 13.3. The summed E-state index contributed by atoms with van der Waals surface area (Å²) < 4.78 is 1.18. The lowest BCUT2D eigenvalue weighted by molar-refractivity contribution is 0.203. The second-order valence-electron chi connectivity index (χ2n) is 3.22. The van der Waals surface area contributed by atoms with Crippen molar-refractivity contribution in [3.05, 3.63) is 17.8 Å². The average molecular weight is 271 g/mol. The minimum Gasteiger partial charge on any atom is -0.465 e. The Morgan fingerprint density at radius 2 is 2.22 bits per heavy atom. The molecule has 18 heavy (non-hydrogen) atoms. The van der Waals surface area contributed by atoms with E-state index in [-0.39, 0.29) is 16.8 Å². The molecule has 2 heterocycles. The number of oxime groups is 1. The van der Waals surface area contributed by atoms with E-state index in [1.165, 1.54) is 23.7 Å². The molecule has 0 spiro atoms. The topological polar surface area (TPSA) is 116 Å². The van der Waals surface area contributed by atoms with Crippen molar-refractivity contribution < 1.29 is 15.1 Å². The molecule has 94 valence electrons. The Labute approximate surface area is 105 Å². The van der Waals surface area contributed by atoms with Crippen molar-refractivity contribution in [3.8, 4) is 0 Å². The van der Waals surface area contributed by atoms with E-state index in [1.54, 1.807) is 0 Å². The van der Waals surface area contributed by atoms with Gasteiger partial charge in [-0.2, -0.15) is 9.61 Å². The maximum absolute atomic E-state index is 10.8. The van der Waals surface area contributed by atoms with Gasteiger partial charge in [-0.05, 0) is 12.1 Å². The highest BCUT2D eigenvalue weighted by Crippen LogP contribution is 2.12. The number of anilines is 1. The van der Waals surface area contributed by atoms with Crippen LogP contribution in [0.25, 0.3) is 5.65 Å². The van der Waals surface area contributed by atoms with Gasteiger partial charge in [0.2, 0.25) is 0 Å². The molecule has 2 aromatic rings. The number of hydrogen-bond acceptors (Lipinski definition) is 6. The molecule has 0 aliphatic heterocycles. The van der Waals surface area contributed by atoms with Crippen LogP contribution < -0.4 is 4.90 Å². The Balaban J connectivity index is 2.60. The highest BCUT2D eigenvalue weighted by molar-refractivity contribution is 6.69. The van der Waals surface area contributed by atoms with Gasteiger partial charge in [0.1, 0.15) is 5.69 Å². The molecule has 0 aromatic carbocycles. The van der Waals surface area contributed by atoms with Gasteiger partial charge in [0.05, 0.1) is 0 Å². The molecule has 1 amide bonds. The van der Waals surface area contributed by atoms with Crippen LogP contribution in [0, 0.1) is 0 Å². The van der Waals surface area contributed by atoms with Gasteiger partial charge in [-0.3, -0.25) is 0 Å². The van der Waals surface area contributed by atoms with Crippen molar-refractivity contribution in [1.82, 2.24) is 19.8 Å². The Kier molecular flexibility index (Phi) is 2.98. The summed E-state index contributed by atoms with van der Waals surface area (Å²) in [5.41, 5.74) is 0.496. The molecule has 0 aliphatic carbocycles. The second kappa shape index (κ2) is 4.45. The lowest BCUT2D eigenvalue weighted by atomic mass is 10.4. The summed E-state index contributed by atoms with van der Waals surface area (Å²) in [7, 11) is 1.30. The predicted octanol–water partition coefficient (Wildman–Crippen LogP) is 0.613. The Morgan fingerprint density at radius 1 is 1.50 bits per heavy atom. The standard InChI is InChI=1S/C8H7ClN6O3/c1-14(8(16)17)7-11-10-5-3-2-4(6(9)13-18)12-15(5)7/h2-3,18H,1H3,(H,16,17). The van der Waals surface area contributed by atoms with Gasteiger partial charge in [0.25, 0.3) is 5.95 Å². The van der Waals surface area contributed by atoms with Crippen molar-refractivity contribution in [2.45, 2.75) is 0 Å². The van der Waals surface area contributed by atoms with Crippen molar-refractivity contribution in [2.75, 3.05) is 11.9 Å². The second-order valence-corrected chi connectivity index (χ2v) is 3.58. The molecule has 0 radical (unpaired) electrons. The third kappa shape index (κ3) is 1.91. The van der Waals surface area contributed by atoms with Crippen molar-refractivity contribution in [3.63, 3.8) is 0 Å². The van der Waals surface area contributed by atoms with Crippen LogP contribution >= 0.6 is 11.6 Å². The first kappa shape index (κ1) is 12.0. The summed E-state index contributed by atoms with van der Waals surface area (Å²) in [6, 6.07) is 2.98. The molecule has 0 bridgehead atoms. The van der Waals surface area contributed by atoms with Crippen LogP contribution in [0.3, 0.4) is 0 Å². The van der Waals surface area contributed by atoms with Crippen LogP contribution in [-0.4, -0.2) is 48.4 Å². The third-order valence-electron chi connectivity index (χ3n) is 2.13. The van der Waals surface area contributed by atoms with E-state index in [4.69, 9.17) is 21.9 Å². The van der Waals surface area contributed by atoms with Crippen LogP contribution in [-0.2, 0) is 0 Å². The maximum atomic E-state index is 10.8. The summed E-state index contributed by atoms with van der Waals surface area (Å²) in [4.78, 5) is 11.7. The number of halogens is 1. The molecular formula is C8H7ClN6O3. The van der Waals surface area contributed by atoms with E-state index >= 15 is 0 Å². The Hall–Kier alpha value is -2.42. The van der Waals surface area contributed by atoms with E-state index < -0.39 is 6.09 Å². The SMILES string of the molecule is CN(C(=O)O)c1nnc2ccc(C(Cl)=NO)nn12. The monoisotopic (exact) mass is 270 g/mol. The van der Waals surface area contributed by atoms with Crippen molar-refractivity contribution >= 4 is 34.5 Å². The summed E-state index contributed by atoms with van der Waals surface area (Å²) in [5, 5.41) is 31.4. The molecule has 0 saturated heterocycles. The van der Waals surface area contributed by atoms with Crippen LogP contribution in [0.4, 0.5) is 10.7 Å². The number of hydrogen-bond donors (Lipinski definition) is 2. The number of carboxylic acid groups (broad SMARTS) is 1. The van der Waals surface area contributed by atoms with E-state index in [1.807, 2.05) is 0 Å². The molecule has 2 rings (SSSR count). The van der Waals surface area contributed by atoms with Gasteiger partial charge in [0, 0.05) is 7.05 Å². The number of carbonyl (C=O) groups is 1. The van der Waals surface area contributed by atoms with Gasteiger partial charge in [-0.15, -0.1) is 10.2 Å². The first-order valence-corrected chi connectivity index (χ1v) is 4.99. The van der Waals surface area contributed by atoms with Crippen LogP contribution in [0.2, 0.25) is 0 Å². The predicted molar refractivity (Wildman–Crippen MR) is 61.4 cm³/mol. The van der Waals surface area contributed by atoms with Crippen LogP contribution in [0.15, 0.2) is 17.3 Å². The summed E-state index contributed by atoms with van der Waals surface area (Å²) >= 11 is 5.61. The fourth-order valence-corrected chi connectivity index (χ4v) is 1.33. The highest BCUT2D eigenvalue weighted by atomic mass is 35.5. The molecule has 0 unspecified atom stereocenters. The zero-order valence-corrected chi connectivity index (χ0v) is 9.77. The summed E-state index contributed by atoms with van der Waals surface area (Å²) in [5.74, 6) is 0.00163. The molecule has 10 heteroatoms. The largest absolute Gasteiger partial charge is 0.465 e. The minimum atomic E-state index is -1.21. The number of fused-ring (bicyclic) bond motifs is 1. The lowest BCUT2D eigenvalue weighted by Crippen LogP contribution is -2.26. The molecular weight excluding hydrogens is 264 g/mol. The quantitative estimate of drug-likeness (QED) is 0.469. The van der Waals surface area contributed by atoms with E-state index in [0.29, 0.717) is 5.65 Å². The summed E-state index contributed by atoms with van der Waals surface area (Å²) in [6.45, 7) is 0. The molecule has 2 N–H and O–H groups in total. The number of nitrogens with zero attached hydrogens (tertiary/aromatic N) is 6. The van der Waals surface area contributed by atoms with Gasteiger partial charge in [0.15, 0.2) is 10.8 Å². The molecule has 9 nitrogen and oxygen atoms in total. The smallest absolute Gasteiger partial charge is 0.414 e. The van der Waals surface area contributed by atoms with E-state index in [2.05, 4.69) is 20.5 Å². The van der Waals surface area contributed by atoms with Gasteiger partial charge in [-0.25, -0.2) is 9.69 Å². The van der Waals surface area contributed by atoms with Gasteiger partial charge in [-0.1, -0.05) is 16.8 Å². The normalized spacial score (nSPS) is 11.8. The van der Waals surface area contributed by atoms with Gasteiger partial charge >= 0.3 is 6.09 Å². The maximum Gasteiger partial charge on any atom is 0.414 e. The first-order valence-electron chi connectivity index (χ1n) is 4.61. The first-order chi connectivity index (χ1) is 8.54.